The number of carbonyl (C=O) groups is 1. The Bertz CT molecular complexity index is 315. The number of amides is 1. The van der Waals surface area contributed by atoms with Crippen molar-refractivity contribution in [2.75, 3.05) is 19.6 Å². The van der Waals surface area contributed by atoms with E-state index in [1.807, 2.05) is 6.92 Å². The lowest BCUT2D eigenvalue weighted by Gasteiger charge is -2.30. The maximum Gasteiger partial charge on any atom is 0.237 e. The van der Waals surface area contributed by atoms with Gasteiger partial charge >= 0.3 is 0 Å². The van der Waals surface area contributed by atoms with Gasteiger partial charge in [-0.2, -0.15) is 0 Å². The second-order valence-electron chi connectivity index (χ2n) is 6.82. The van der Waals surface area contributed by atoms with E-state index in [1.54, 1.807) is 0 Å². The van der Waals surface area contributed by atoms with E-state index < -0.39 is 0 Å². The van der Waals surface area contributed by atoms with Crippen LogP contribution in [0.3, 0.4) is 0 Å². The molecule has 2 aliphatic rings. The molecule has 2 N–H and O–H groups in total. The van der Waals surface area contributed by atoms with Gasteiger partial charge in [-0.15, -0.1) is 0 Å². The van der Waals surface area contributed by atoms with Gasteiger partial charge in [-0.3, -0.25) is 9.69 Å². The Labute approximate surface area is 117 Å². The first kappa shape index (κ1) is 14.8. The van der Waals surface area contributed by atoms with E-state index in [1.165, 1.54) is 12.8 Å². The van der Waals surface area contributed by atoms with E-state index in [0.29, 0.717) is 6.04 Å². The summed E-state index contributed by atoms with van der Waals surface area (Å²) in [5.41, 5.74) is -0.101. The van der Waals surface area contributed by atoms with Gasteiger partial charge in [0.05, 0.1) is 6.04 Å². The first-order valence-electron chi connectivity index (χ1n) is 7.72. The van der Waals surface area contributed by atoms with Gasteiger partial charge in [-0.1, -0.05) is 6.92 Å². The van der Waals surface area contributed by atoms with E-state index in [0.717, 1.165) is 32.0 Å². The molecule has 0 bridgehead atoms. The second-order valence-corrected chi connectivity index (χ2v) is 6.82. The Morgan fingerprint density at radius 2 is 2.21 bits per heavy atom. The number of piperidine rings is 1. The van der Waals surface area contributed by atoms with E-state index in [9.17, 15) is 4.79 Å². The number of hydrogen-bond donors (Lipinski definition) is 2. The Kier molecular flexibility index (Phi) is 4.51. The summed E-state index contributed by atoms with van der Waals surface area (Å²) in [6.07, 6.45) is 3.54. The minimum Gasteiger partial charge on any atom is -0.350 e. The van der Waals surface area contributed by atoms with E-state index in [-0.39, 0.29) is 17.5 Å². The molecule has 0 aromatic carbocycles. The van der Waals surface area contributed by atoms with Crippen LogP contribution in [0.4, 0.5) is 0 Å². The maximum atomic E-state index is 12.3. The summed E-state index contributed by atoms with van der Waals surface area (Å²) in [5.74, 6) is 0.911. The molecule has 3 atom stereocenters. The van der Waals surface area contributed by atoms with Crippen LogP contribution in [-0.2, 0) is 4.79 Å². The van der Waals surface area contributed by atoms with Crippen LogP contribution in [-0.4, -0.2) is 48.1 Å². The molecule has 1 amide bonds. The number of carbonyl (C=O) groups excluding carboxylic acids is 1. The van der Waals surface area contributed by atoms with Crippen LogP contribution in [0.15, 0.2) is 0 Å². The van der Waals surface area contributed by atoms with Gasteiger partial charge in [0.2, 0.25) is 5.91 Å². The first-order chi connectivity index (χ1) is 8.93. The molecule has 2 aliphatic heterocycles. The predicted molar refractivity (Wildman–Crippen MR) is 78.1 cm³/mol. The van der Waals surface area contributed by atoms with Crippen LogP contribution in [0.2, 0.25) is 0 Å². The molecule has 2 saturated heterocycles. The molecule has 2 fully saturated rings. The molecule has 0 radical (unpaired) electrons. The molecule has 0 spiro atoms. The van der Waals surface area contributed by atoms with Crippen molar-refractivity contribution in [1.82, 2.24) is 15.5 Å². The van der Waals surface area contributed by atoms with Crippen molar-refractivity contribution in [3.63, 3.8) is 0 Å². The molecule has 1 unspecified atom stereocenters. The molecular formula is C15H29N3O. The monoisotopic (exact) mass is 267 g/mol. The standard InChI is InChI=1S/C15H29N3O/c1-5-15(3,4)17-14(19)11(2)18-9-12-7-6-8-16-13(12)10-18/h11-13,16H,5-10H2,1-4H3,(H,17,19)/t11?,12-,13+/m0/s1. The van der Waals surface area contributed by atoms with Crippen LogP contribution >= 0.6 is 0 Å². The fraction of sp³-hybridized carbons (Fsp3) is 0.933. The van der Waals surface area contributed by atoms with Crippen LogP contribution in [0.5, 0.6) is 0 Å². The average Bonchev–Trinajstić information content (AvgIpc) is 2.81. The summed E-state index contributed by atoms with van der Waals surface area (Å²) >= 11 is 0. The van der Waals surface area contributed by atoms with Gasteiger partial charge in [0.15, 0.2) is 0 Å². The summed E-state index contributed by atoms with van der Waals surface area (Å²) in [6.45, 7) is 11.5. The van der Waals surface area contributed by atoms with Crippen molar-refractivity contribution in [3.05, 3.63) is 0 Å². The average molecular weight is 267 g/mol. The van der Waals surface area contributed by atoms with E-state index in [2.05, 4.69) is 36.3 Å². The predicted octanol–water partition coefficient (Wildman–Crippen LogP) is 1.36. The second kappa shape index (κ2) is 5.80. The lowest BCUT2D eigenvalue weighted by Crippen LogP contribution is -2.51. The Morgan fingerprint density at radius 3 is 2.84 bits per heavy atom. The number of nitrogens with one attached hydrogen (secondary N) is 2. The molecule has 2 rings (SSSR count). The zero-order valence-electron chi connectivity index (χ0n) is 12.8. The van der Waals surface area contributed by atoms with Crippen LogP contribution < -0.4 is 10.6 Å². The zero-order chi connectivity index (χ0) is 14.0. The Balaban J connectivity index is 1.89. The molecule has 19 heavy (non-hydrogen) atoms. The highest BCUT2D eigenvalue weighted by atomic mass is 16.2. The van der Waals surface area contributed by atoms with Gasteiger partial charge in [0, 0.05) is 24.7 Å². The summed E-state index contributed by atoms with van der Waals surface area (Å²) in [5, 5.41) is 6.75. The molecular weight excluding hydrogens is 238 g/mol. The number of nitrogens with zero attached hydrogens (tertiary/aromatic N) is 1. The highest BCUT2D eigenvalue weighted by molar-refractivity contribution is 5.82. The fourth-order valence-corrected chi connectivity index (χ4v) is 3.09. The fourth-order valence-electron chi connectivity index (χ4n) is 3.09. The van der Waals surface area contributed by atoms with Crippen LogP contribution in [0, 0.1) is 5.92 Å². The highest BCUT2D eigenvalue weighted by Gasteiger charge is 2.38. The third-order valence-electron chi connectivity index (χ3n) is 4.90. The van der Waals surface area contributed by atoms with Crippen molar-refractivity contribution < 1.29 is 4.79 Å². The number of fused-ring (bicyclic) bond motifs is 1. The number of rotatable bonds is 4. The molecule has 0 aromatic heterocycles. The quantitative estimate of drug-likeness (QED) is 0.808. The minimum absolute atomic E-state index is 0.0155. The summed E-state index contributed by atoms with van der Waals surface area (Å²) in [6, 6.07) is 0.585. The van der Waals surface area contributed by atoms with Crippen LogP contribution in [0.25, 0.3) is 0 Å². The highest BCUT2D eigenvalue weighted by Crippen LogP contribution is 2.26. The number of likely N-dealkylation sites (tertiary alicyclic amines) is 1. The van der Waals surface area contributed by atoms with Crippen molar-refractivity contribution in [3.8, 4) is 0 Å². The largest absolute Gasteiger partial charge is 0.350 e. The molecule has 110 valence electrons. The Morgan fingerprint density at radius 1 is 1.47 bits per heavy atom. The van der Waals surface area contributed by atoms with E-state index >= 15 is 0 Å². The molecule has 0 aromatic rings. The van der Waals surface area contributed by atoms with Gasteiger partial charge < -0.3 is 10.6 Å². The van der Waals surface area contributed by atoms with Crippen molar-refractivity contribution >= 4 is 5.91 Å². The van der Waals surface area contributed by atoms with E-state index in [4.69, 9.17) is 0 Å². The van der Waals surface area contributed by atoms with Crippen molar-refractivity contribution in [1.29, 1.82) is 0 Å². The lowest BCUT2D eigenvalue weighted by atomic mass is 9.94. The SMILES string of the molecule is CCC(C)(C)NC(=O)C(C)N1C[C@@H]2CCCN[C@@H]2C1. The topological polar surface area (TPSA) is 44.4 Å². The van der Waals surface area contributed by atoms with Gasteiger partial charge in [0.25, 0.3) is 0 Å². The first-order valence-corrected chi connectivity index (χ1v) is 7.72. The summed E-state index contributed by atoms with van der Waals surface area (Å²) in [4.78, 5) is 14.7. The molecule has 4 nitrogen and oxygen atoms in total. The van der Waals surface area contributed by atoms with Crippen molar-refractivity contribution in [2.45, 2.75) is 64.6 Å². The normalized spacial score (nSPS) is 29.9. The van der Waals surface area contributed by atoms with Gasteiger partial charge in [0.1, 0.15) is 0 Å². The molecule has 0 aliphatic carbocycles. The zero-order valence-corrected chi connectivity index (χ0v) is 12.8. The Hall–Kier alpha value is -0.610. The smallest absolute Gasteiger partial charge is 0.237 e. The van der Waals surface area contributed by atoms with Crippen molar-refractivity contribution in [2.24, 2.45) is 5.92 Å². The van der Waals surface area contributed by atoms with Gasteiger partial charge in [-0.05, 0) is 52.5 Å². The molecule has 4 heteroatoms. The third kappa shape index (κ3) is 3.48. The van der Waals surface area contributed by atoms with Crippen LogP contribution in [0.1, 0.15) is 47.0 Å². The summed E-state index contributed by atoms with van der Waals surface area (Å²) < 4.78 is 0. The third-order valence-corrected chi connectivity index (χ3v) is 4.90. The van der Waals surface area contributed by atoms with Gasteiger partial charge in [-0.25, -0.2) is 0 Å². The molecule has 0 saturated carbocycles. The number of hydrogen-bond acceptors (Lipinski definition) is 3. The minimum atomic E-state index is -0.101. The maximum absolute atomic E-state index is 12.3. The molecule has 2 heterocycles. The summed E-state index contributed by atoms with van der Waals surface area (Å²) in [7, 11) is 0. The lowest BCUT2D eigenvalue weighted by molar-refractivity contribution is -0.127.